The van der Waals surface area contributed by atoms with Gasteiger partial charge in [-0.1, -0.05) is 36.4 Å². The van der Waals surface area contributed by atoms with E-state index in [0.29, 0.717) is 36.6 Å². The maximum Gasteiger partial charge on any atom is 0.338 e. The van der Waals surface area contributed by atoms with Gasteiger partial charge in [-0.25, -0.2) is 18.2 Å². The molecule has 150 valence electrons. The smallest absolute Gasteiger partial charge is 0.338 e. The van der Waals surface area contributed by atoms with E-state index >= 15 is 0 Å². The van der Waals surface area contributed by atoms with Crippen LogP contribution in [0.25, 0.3) is 0 Å². The van der Waals surface area contributed by atoms with Crippen molar-refractivity contribution in [1.29, 1.82) is 0 Å². The second-order valence-electron chi connectivity index (χ2n) is 6.83. The summed E-state index contributed by atoms with van der Waals surface area (Å²) in [6.45, 7) is 1.10. The largest absolute Gasteiger partial charge is 0.454 e. The lowest BCUT2D eigenvalue weighted by atomic mass is 10.2. The summed E-state index contributed by atoms with van der Waals surface area (Å²) in [5, 5.41) is 0. The van der Waals surface area contributed by atoms with E-state index in [4.69, 9.17) is 4.74 Å². The van der Waals surface area contributed by atoms with Crippen LogP contribution in [0.4, 0.5) is 5.69 Å². The number of anilines is 1. The van der Waals surface area contributed by atoms with Crippen molar-refractivity contribution >= 4 is 21.7 Å². The molecule has 3 aromatic rings. The average Bonchev–Trinajstić information content (AvgIpc) is 3.32. The molecule has 1 saturated heterocycles. The molecule has 0 spiro atoms. The fourth-order valence-corrected chi connectivity index (χ4v) is 4.89. The summed E-state index contributed by atoms with van der Waals surface area (Å²) >= 11 is 0. The molecule has 2 heterocycles. The van der Waals surface area contributed by atoms with Crippen molar-refractivity contribution in [2.75, 3.05) is 16.6 Å². The number of esters is 1. The van der Waals surface area contributed by atoms with E-state index in [1.807, 2.05) is 41.1 Å². The van der Waals surface area contributed by atoms with Gasteiger partial charge in [0.1, 0.15) is 12.4 Å². The lowest BCUT2D eigenvalue weighted by Crippen LogP contribution is -2.25. The SMILES string of the molecule is O=C(OCc1nccn1Cc1ccccc1)c1cccc(N2CCCS2(=O)=O)c1. The highest BCUT2D eigenvalue weighted by Gasteiger charge is 2.28. The second kappa shape index (κ2) is 8.08. The zero-order valence-corrected chi connectivity index (χ0v) is 16.6. The summed E-state index contributed by atoms with van der Waals surface area (Å²) in [6, 6.07) is 16.5. The van der Waals surface area contributed by atoms with Gasteiger partial charge in [0.15, 0.2) is 0 Å². The molecule has 0 saturated carbocycles. The van der Waals surface area contributed by atoms with E-state index < -0.39 is 16.0 Å². The molecule has 29 heavy (non-hydrogen) atoms. The van der Waals surface area contributed by atoms with Gasteiger partial charge in [-0.05, 0) is 30.2 Å². The van der Waals surface area contributed by atoms with Crippen LogP contribution in [0.5, 0.6) is 0 Å². The van der Waals surface area contributed by atoms with Gasteiger partial charge in [-0.2, -0.15) is 0 Å². The van der Waals surface area contributed by atoms with E-state index in [-0.39, 0.29) is 12.4 Å². The van der Waals surface area contributed by atoms with Crippen molar-refractivity contribution in [3.05, 3.63) is 83.9 Å². The van der Waals surface area contributed by atoms with Crippen molar-refractivity contribution in [2.24, 2.45) is 0 Å². The first kappa shape index (κ1) is 19.2. The minimum absolute atomic E-state index is 0.0326. The van der Waals surface area contributed by atoms with Crippen LogP contribution in [0.1, 0.15) is 28.2 Å². The molecule has 0 aliphatic carbocycles. The number of imidazole rings is 1. The van der Waals surface area contributed by atoms with E-state index in [1.165, 1.54) is 4.31 Å². The van der Waals surface area contributed by atoms with Crippen LogP contribution in [-0.4, -0.2) is 36.2 Å². The summed E-state index contributed by atoms with van der Waals surface area (Å²) in [7, 11) is -3.30. The Morgan fingerprint density at radius 2 is 1.93 bits per heavy atom. The number of hydrogen-bond donors (Lipinski definition) is 0. The fraction of sp³-hybridized carbons (Fsp3) is 0.238. The number of ether oxygens (including phenoxy) is 1. The topological polar surface area (TPSA) is 81.5 Å². The van der Waals surface area contributed by atoms with Crippen molar-refractivity contribution in [2.45, 2.75) is 19.6 Å². The zero-order valence-electron chi connectivity index (χ0n) is 15.8. The highest BCUT2D eigenvalue weighted by molar-refractivity contribution is 7.93. The second-order valence-corrected chi connectivity index (χ2v) is 8.84. The number of benzene rings is 2. The fourth-order valence-electron chi connectivity index (χ4n) is 3.34. The van der Waals surface area contributed by atoms with E-state index in [0.717, 1.165) is 5.56 Å². The van der Waals surface area contributed by atoms with Gasteiger partial charge < -0.3 is 9.30 Å². The van der Waals surface area contributed by atoms with Crippen LogP contribution in [-0.2, 0) is 27.9 Å². The Morgan fingerprint density at radius 1 is 1.10 bits per heavy atom. The van der Waals surface area contributed by atoms with E-state index in [9.17, 15) is 13.2 Å². The highest BCUT2D eigenvalue weighted by atomic mass is 32.2. The summed E-state index contributed by atoms with van der Waals surface area (Å²) in [5.74, 6) is 0.254. The molecule has 1 fully saturated rings. The number of carbonyl (C=O) groups excluding carboxylic acids is 1. The van der Waals surface area contributed by atoms with Crippen LogP contribution in [0.2, 0.25) is 0 Å². The summed E-state index contributed by atoms with van der Waals surface area (Å²) in [6.07, 6.45) is 4.10. The highest BCUT2D eigenvalue weighted by Crippen LogP contribution is 2.25. The Morgan fingerprint density at radius 3 is 2.69 bits per heavy atom. The normalized spacial score (nSPS) is 15.4. The monoisotopic (exact) mass is 411 g/mol. The van der Waals surface area contributed by atoms with Gasteiger partial charge in [0.05, 0.1) is 17.0 Å². The van der Waals surface area contributed by atoms with Gasteiger partial charge in [-0.3, -0.25) is 4.31 Å². The minimum Gasteiger partial charge on any atom is -0.454 e. The van der Waals surface area contributed by atoms with Gasteiger partial charge in [0, 0.05) is 25.5 Å². The summed E-state index contributed by atoms with van der Waals surface area (Å²) in [4.78, 5) is 16.8. The molecule has 0 atom stereocenters. The third kappa shape index (κ3) is 4.32. The maximum absolute atomic E-state index is 12.5. The van der Waals surface area contributed by atoms with Crippen LogP contribution in [0.15, 0.2) is 67.0 Å². The van der Waals surface area contributed by atoms with Gasteiger partial charge >= 0.3 is 5.97 Å². The van der Waals surface area contributed by atoms with Crippen LogP contribution in [0.3, 0.4) is 0 Å². The Balaban J connectivity index is 1.44. The number of sulfonamides is 1. The lowest BCUT2D eigenvalue weighted by molar-refractivity contribution is 0.0458. The van der Waals surface area contributed by atoms with Crippen molar-refractivity contribution in [1.82, 2.24) is 9.55 Å². The van der Waals surface area contributed by atoms with Gasteiger partial charge in [-0.15, -0.1) is 0 Å². The van der Waals surface area contributed by atoms with E-state index in [2.05, 4.69) is 4.98 Å². The number of nitrogens with zero attached hydrogens (tertiary/aromatic N) is 3. The molecular formula is C21H21N3O4S. The molecule has 2 aromatic carbocycles. The Hall–Kier alpha value is -3.13. The van der Waals surface area contributed by atoms with Crippen molar-refractivity contribution in [3.63, 3.8) is 0 Å². The summed E-state index contributed by atoms with van der Waals surface area (Å²) < 4.78 is 32.9. The minimum atomic E-state index is -3.30. The predicted octanol–water partition coefficient (Wildman–Crippen LogP) is 2.83. The predicted molar refractivity (Wildman–Crippen MR) is 109 cm³/mol. The Kier molecular flexibility index (Phi) is 5.35. The lowest BCUT2D eigenvalue weighted by Gasteiger charge is -2.17. The van der Waals surface area contributed by atoms with Crippen LogP contribution < -0.4 is 4.31 Å². The molecule has 0 radical (unpaired) electrons. The molecule has 0 unspecified atom stereocenters. The zero-order chi connectivity index (χ0) is 20.3. The number of carbonyl (C=O) groups is 1. The number of aromatic nitrogens is 2. The first-order chi connectivity index (χ1) is 14.0. The third-order valence-corrected chi connectivity index (χ3v) is 6.67. The molecule has 0 bridgehead atoms. The first-order valence-corrected chi connectivity index (χ1v) is 11.0. The van der Waals surface area contributed by atoms with Crippen molar-refractivity contribution < 1.29 is 17.9 Å². The standard InChI is InChI=1S/C21H21N3O4S/c25-21(18-8-4-9-19(14-18)24-11-5-13-29(24,26)27)28-16-20-22-10-12-23(20)15-17-6-2-1-3-7-17/h1-4,6-10,12,14H,5,11,13,15-16H2. The Bertz CT molecular complexity index is 1110. The van der Waals surface area contributed by atoms with Crippen molar-refractivity contribution in [3.8, 4) is 0 Å². The molecule has 0 amide bonds. The maximum atomic E-state index is 12.5. The number of hydrogen-bond acceptors (Lipinski definition) is 5. The third-order valence-electron chi connectivity index (χ3n) is 4.80. The van der Waals surface area contributed by atoms with Gasteiger partial charge in [0.25, 0.3) is 0 Å². The van der Waals surface area contributed by atoms with E-state index in [1.54, 1.807) is 30.5 Å². The molecule has 4 rings (SSSR count). The number of rotatable bonds is 6. The first-order valence-electron chi connectivity index (χ1n) is 9.34. The Labute approximate surface area is 169 Å². The quantitative estimate of drug-likeness (QED) is 0.583. The molecule has 8 heteroatoms. The molecule has 1 aromatic heterocycles. The molecule has 1 aliphatic heterocycles. The van der Waals surface area contributed by atoms with Crippen LogP contribution >= 0.6 is 0 Å². The molecular weight excluding hydrogens is 390 g/mol. The summed E-state index contributed by atoms with van der Waals surface area (Å²) in [5.41, 5.74) is 1.92. The average molecular weight is 411 g/mol. The molecule has 7 nitrogen and oxygen atoms in total. The molecule has 0 N–H and O–H groups in total. The van der Waals surface area contributed by atoms with Crippen LogP contribution in [0, 0.1) is 0 Å². The van der Waals surface area contributed by atoms with Gasteiger partial charge in [0.2, 0.25) is 10.0 Å². The molecule has 1 aliphatic rings.